The van der Waals surface area contributed by atoms with Crippen molar-refractivity contribution in [1.29, 1.82) is 0 Å². The molecule has 59 heavy (non-hydrogen) atoms. The van der Waals surface area contributed by atoms with Gasteiger partial charge in [0.25, 0.3) is 0 Å². The normalized spacial score (nSPS) is 11.4. The third kappa shape index (κ3) is 6.40. The van der Waals surface area contributed by atoms with Crippen molar-refractivity contribution < 1.29 is 0 Å². The van der Waals surface area contributed by atoms with Gasteiger partial charge in [-0.1, -0.05) is 188 Å². The van der Waals surface area contributed by atoms with Gasteiger partial charge in [0.2, 0.25) is 0 Å². The molecule has 0 saturated carbocycles. The van der Waals surface area contributed by atoms with E-state index in [0.717, 1.165) is 17.1 Å². The number of rotatable bonds is 7. The predicted octanol–water partition coefficient (Wildman–Crippen LogP) is 16.4. The standard InChI is InChI=1S/C58H39N/c1-3-11-40(12-4-1)42-27-31-51(32-28-42)59(53-35-36-54(56(39-53)44-14-5-2-6-15-44)50-26-19-41-13-7-8-17-48(41)37-50)52-33-29-43(30-34-52)49-25-22-46-21-24-47-23-20-45-16-9-10-18-55(45)58(47)57(46)38-49/h1-39H. The summed E-state index contributed by atoms with van der Waals surface area (Å²) in [4.78, 5) is 2.38. The monoisotopic (exact) mass is 749 g/mol. The lowest BCUT2D eigenvalue weighted by Crippen LogP contribution is -2.10. The van der Waals surface area contributed by atoms with Crippen LogP contribution in [0.1, 0.15) is 0 Å². The summed E-state index contributed by atoms with van der Waals surface area (Å²) >= 11 is 0. The van der Waals surface area contributed by atoms with Crippen LogP contribution in [0, 0.1) is 0 Å². The van der Waals surface area contributed by atoms with E-state index in [0.29, 0.717) is 0 Å². The molecule has 0 aliphatic rings. The van der Waals surface area contributed by atoms with Gasteiger partial charge in [-0.15, -0.1) is 0 Å². The van der Waals surface area contributed by atoms with Gasteiger partial charge in [-0.2, -0.15) is 0 Å². The Labute approximate surface area is 344 Å². The summed E-state index contributed by atoms with van der Waals surface area (Å²) in [6.07, 6.45) is 0. The van der Waals surface area contributed by atoms with Gasteiger partial charge in [0.05, 0.1) is 0 Å². The van der Waals surface area contributed by atoms with Crippen LogP contribution in [-0.2, 0) is 0 Å². The Morgan fingerprint density at radius 3 is 1.41 bits per heavy atom. The highest BCUT2D eigenvalue weighted by atomic mass is 15.1. The van der Waals surface area contributed by atoms with Crippen molar-refractivity contribution in [3.8, 4) is 44.5 Å². The summed E-state index contributed by atoms with van der Waals surface area (Å²) in [6.45, 7) is 0. The quantitative estimate of drug-likeness (QED) is 0.147. The molecular formula is C58H39N. The average molecular weight is 750 g/mol. The smallest absolute Gasteiger partial charge is 0.0468 e. The first-order valence-corrected chi connectivity index (χ1v) is 20.3. The Balaban J connectivity index is 1.04. The summed E-state index contributed by atoms with van der Waals surface area (Å²) < 4.78 is 0. The zero-order valence-corrected chi connectivity index (χ0v) is 32.5. The Morgan fingerprint density at radius 2 is 0.695 bits per heavy atom. The SMILES string of the molecule is c1ccc(-c2ccc(N(c3ccc(-c4ccc5ccc6ccc7ccccc7c6c5c4)cc3)c3ccc(-c4ccc5ccccc5c4)c(-c4ccccc4)c3)cc2)cc1. The zero-order chi connectivity index (χ0) is 39.1. The first kappa shape index (κ1) is 34.5. The van der Waals surface area contributed by atoms with Gasteiger partial charge in [0.1, 0.15) is 0 Å². The molecule has 0 atom stereocenters. The Hall–Kier alpha value is -7.74. The summed E-state index contributed by atoms with van der Waals surface area (Å²) in [6, 6.07) is 86.3. The van der Waals surface area contributed by atoms with Gasteiger partial charge in [-0.25, -0.2) is 0 Å². The van der Waals surface area contributed by atoms with E-state index in [-0.39, 0.29) is 0 Å². The second-order valence-corrected chi connectivity index (χ2v) is 15.3. The first-order valence-electron chi connectivity index (χ1n) is 20.3. The van der Waals surface area contributed by atoms with Crippen molar-refractivity contribution in [3.05, 3.63) is 237 Å². The largest absolute Gasteiger partial charge is 0.310 e. The van der Waals surface area contributed by atoms with Crippen molar-refractivity contribution in [1.82, 2.24) is 0 Å². The van der Waals surface area contributed by atoms with Gasteiger partial charge >= 0.3 is 0 Å². The number of anilines is 3. The summed E-state index contributed by atoms with van der Waals surface area (Å²) in [5, 5.41) is 10.1. The number of hydrogen-bond donors (Lipinski definition) is 0. The van der Waals surface area contributed by atoms with E-state index in [2.05, 4.69) is 241 Å². The molecule has 0 amide bonds. The third-order valence-electron chi connectivity index (χ3n) is 11.8. The fraction of sp³-hybridized carbons (Fsp3) is 0. The van der Waals surface area contributed by atoms with Crippen LogP contribution in [-0.4, -0.2) is 0 Å². The molecule has 11 aromatic carbocycles. The molecule has 0 aromatic heterocycles. The molecule has 1 nitrogen and oxygen atoms in total. The molecule has 0 unspecified atom stereocenters. The second kappa shape index (κ2) is 14.6. The molecule has 276 valence electrons. The van der Waals surface area contributed by atoms with Crippen LogP contribution in [0.5, 0.6) is 0 Å². The minimum atomic E-state index is 1.09. The Kier molecular flexibility index (Phi) is 8.56. The van der Waals surface area contributed by atoms with Crippen LogP contribution in [0.15, 0.2) is 237 Å². The summed E-state index contributed by atoms with van der Waals surface area (Å²) in [5.41, 5.74) is 12.9. The molecule has 0 spiro atoms. The van der Waals surface area contributed by atoms with Gasteiger partial charge in [0, 0.05) is 17.1 Å². The second-order valence-electron chi connectivity index (χ2n) is 15.3. The summed E-state index contributed by atoms with van der Waals surface area (Å²) in [5.74, 6) is 0. The molecule has 0 aliphatic carbocycles. The average Bonchev–Trinajstić information content (AvgIpc) is 3.32. The minimum Gasteiger partial charge on any atom is -0.310 e. The van der Waals surface area contributed by atoms with Crippen molar-refractivity contribution >= 4 is 60.2 Å². The zero-order valence-electron chi connectivity index (χ0n) is 32.5. The van der Waals surface area contributed by atoms with E-state index in [1.165, 1.54) is 87.6 Å². The number of hydrogen-bond acceptors (Lipinski definition) is 1. The molecule has 0 radical (unpaired) electrons. The lowest BCUT2D eigenvalue weighted by Gasteiger charge is -2.27. The van der Waals surface area contributed by atoms with Crippen molar-refractivity contribution in [2.45, 2.75) is 0 Å². The van der Waals surface area contributed by atoms with Crippen LogP contribution in [0.2, 0.25) is 0 Å². The van der Waals surface area contributed by atoms with Crippen molar-refractivity contribution in [2.24, 2.45) is 0 Å². The lowest BCUT2D eigenvalue weighted by atomic mass is 9.92. The van der Waals surface area contributed by atoms with Crippen LogP contribution in [0.4, 0.5) is 17.1 Å². The van der Waals surface area contributed by atoms with Gasteiger partial charge in [-0.3, -0.25) is 0 Å². The van der Waals surface area contributed by atoms with Crippen molar-refractivity contribution in [2.75, 3.05) is 4.90 Å². The first-order chi connectivity index (χ1) is 29.2. The van der Waals surface area contributed by atoms with Crippen LogP contribution in [0.3, 0.4) is 0 Å². The van der Waals surface area contributed by atoms with Crippen LogP contribution in [0.25, 0.3) is 87.6 Å². The van der Waals surface area contributed by atoms with Gasteiger partial charge in [-0.05, 0) is 136 Å². The highest BCUT2D eigenvalue weighted by Gasteiger charge is 2.18. The maximum absolute atomic E-state index is 2.38. The molecule has 0 N–H and O–H groups in total. The predicted molar refractivity (Wildman–Crippen MR) is 253 cm³/mol. The number of fused-ring (bicyclic) bond motifs is 6. The van der Waals surface area contributed by atoms with Crippen molar-refractivity contribution in [3.63, 3.8) is 0 Å². The Bertz CT molecular complexity index is 3290. The van der Waals surface area contributed by atoms with E-state index in [1.807, 2.05) is 0 Å². The maximum atomic E-state index is 2.38. The van der Waals surface area contributed by atoms with Gasteiger partial charge in [0.15, 0.2) is 0 Å². The molecule has 1 heteroatoms. The van der Waals surface area contributed by atoms with E-state index in [4.69, 9.17) is 0 Å². The number of benzene rings is 11. The molecule has 11 rings (SSSR count). The lowest BCUT2D eigenvalue weighted by molar-refractivity contribution is 1.28. The fourth-order valence-electron chi connectivity index (χ4n) is 8.83. The minimum absolute atomic E-state index is 1.09. The highest BCUT2D eigenvalue weighted by Crippen LogP contribution is 2.42. The van der Waals surface area contributed by atoms with Gasteiger partial charge < -0.3 is 4.90 Å². The molecular weight excluding hydrogens is 711 g/mol. The van der Waals surface area contributed by atoms with E-state index in [1.54, 1.807) is 0 Å². The molecule has 11 aromatic rings. The van der Waals surface area contributed by atoms with E-state index >= 15 is 0 Å². The summed E-state index contributed by atoms with van der Waals surface area (Å²) in [7, 11) is 0. The van der Waals surface area contributed by atoms with E-state index in [9.17, 15) is 0 Å². The maximum Gasteiger partial charge on any atom is 0.0468 e. The van der Waals surface area contributed by atoms with E-state index < -0.39 is 0 Å². The molecule has 0 bridgehead atoms. The van der Waals surface area contributed by atoms with Crippen LogP contribution >= 0.6 is 0 Å². The highest BCUT2D eigenvalue weighted by molar-refractivity contribution is 6.20. The molecule has 0 saturated heterocycles. The number of nitrogens with zero attached hydrogens (tertiary/aromatic N) is 1. The molecule has 0 fully saturated rings. The fourth-order valence-corrected chi connectivity index (χ4v) is 8.83. The molecule has 0 heterocycles. The Morgan fingerprint density at radius 1 is 0.220 bits per heavy atom. The topological polar surface area (TPSA) is 3.24 Å². The molecule has 0 aliphatic heterocycles. The van der Waals surface area contributed by atoms with Crippen LogP contribution < -0.4 is 4.90 Å². The third-order valence-corrected chi connectivity index (χ3v) is 11.8.